The second kappa shape index (κ2) is 5.03. The number of anilines is 1. The van der Waals surface area contributed by atoms with E-state index in [-0.39, 0.29) is 0 Å². The molecule has 0 saturated heterocycles. The zero-order valence-corrected chi connectivity index (χ0v) is 10.0. The fourth-order valence-electron chi connectivity index (χ4n) is 1.26. The minimum absolute atomic E-state index is 0.848. The maximum absolute atomic E-state index is 5.23. The van der Waals surface area contributed by atoms with E-state index in [4.69, 9.17) is 4.42 Å². The molecule has 16 heavy (non-hydrogen) atoms. The van der Waals surface area contributed by atoms with Gasteiger partial charge in [-0.1, -0.05) is 11.8 Å². The maximum atomic E-state index is 5.23. The van der Waals surface area contributed by atoms with E-state index in [0.29, 0.717) is 0 Å². The Hall–Kier alpha value is -1.49. The van der Waals surface area contributed by atoms with Crippen molar-refractivity contribution in [2.75, 3.05) is 11.9 Å². The normalized spacial score (nSPS) is 10.4. The van der Waals surface area contributed by atoms with Gasteiger partial charge in [-0.3, -0.25) is 0 Å². The van der Waals surface area contributed by atoms with E-state index >= 15 is 0 Å². The van der Waals surface area contributed by atoms with Crippen LogP contribution in [0.15, 0.2) is 39.1 Å². The smallest absolute Gasteiger partial charge is 0.130 e. The number of furan rings is 1. The van der Waals surface area contributed by atoms with Gasteiger partial charge in [0.2, 0.25) is 0 Å². The molecule has 2 heterocycles. The molecule has 0 aliphatic carbocycles. The van der Waals surface area contributed by atoms with E-state index in [1.54, 1.807) is 24.4 Å². The Bertz CT molecular complexity index is 470. The lowest BCUT2D eigenvalue weighted by Gasteiger charge is -2.03. The Labute approximate surface area is 98.5 Å². The molecule has 0 fully saturated rings. The van der Waals surface area contributed by atoms with Crippen LogP contribution in [0.1, 0.15) is 12.7 Å². The predicted molar refractivity (Wildman–Crippen MR) is 63.8 cm³/mol. The topological polar surface area (TPSA) is 51.0 Å². The summed E-state index contributed by atoms with van der Waals surface area (Å²) in [6.07, 6.45) is 3.25. The minimum atomic E-state index is 0.848. The van der Waals surface area contributed by atoms with E-state index in [1.807, 2.05) is 26.0 Å². The standard InChI is InChI=1S/C11H13N3OS/c1-3-12-10-6-11(14-7-13-10)16-9-4-5-15-8(9)2/h4-7H,3H2,1-2H3,(H,12,13,14). The lowest BCUT2D eigenvalue weighted by Crippen LogP contribution is -1.99. The third-order valence-corrected chi connectivity index (χ3v) is 3.10. The van der Waals surface area contributed by atoms with Gasteiger partial charge in [-0.15, -0.1) is 0 Å². The van der Waals surface area contributed by atoms with Gasteiger partial charge in [0.25, 0.3) is 0 Å². The monoisotopic (exact) mass is 235 g/mol. The first-order valence-electron chi connectivity index (χ1n) is 5.07. The average molecular weight is 235 g/mol. The van der Waals surface area contributed by atoms with Crippen molar-refractivity contribution < 1.29 is 4.42 Å². The third-order valence-electron chi connectivity index (χ3n) is 2.03. The first-order chi connectivity index (χ1) is 7.79. The van der Waals surface area contributed by atoms with Gasteiger partial charge in [-0.25, -0.2) is 9.97 Å². The molecule has 0 aromatic carbocycles. The Kier molecular flexibility index (Phi) is 3.46. The summed E-state index contributed by atoms with van der Waals surface area (Å²) in [7, 11) is 0. The number of aromatic nitrogens is 2. The summed E-state index contributed by atoms with van der Waals surface area (Å²) in [5.74, 6) is 1.76. The zero-order chi connectivity index (χ0) is 11.4. The Morgan fingerprint density at radius 2 is 2.31 bits per heavy atom. The van der Waals surface area contributed by atoms with Crippen molar-refractivity contribution in [1.29, 1.82) is 0 Å². The second-order valence-electron chi connectivity index (χ2n) is 3.21. The minimum Gasteiger partial charge on any atom is -0.468 e. The van der Waals surface area contributed by atoms with Crippen molar-refractivity contribution in [3.63, 3.8) is 0 Å². The van der Waals surface area contributed by atoms with E-state index in [0.717, 1.165) is 28.0 Å². The highest BCUT2D eigenvalue weighted by Gasteiger charge is 2.05. The van der Waals surface area contributed by atoms with Crippen molar-refractivity contribution in [2.24, 2.45) is 0 Å². The van der Waals surface area contributed by atoms with Crippen LogP contribution >= 0.6 is 11.8 Å². The molecule has 5 heteroatoms. The van der Waals surface area contributed by atoms with Crippen LogP contribution in [-0.2, 0) is 0 Å². The second-order valence-corrected chi connectivity index (χ2v) is 4.28. The van der Waals surface area contributed by atoms with E-state index in [1.165, 1.54) is 0 Å². The molecular weight excluding hydrogens is 222 g/mol. The molecule has 0 bridgehead atoms. The lowest BCUT2D eigenvalue weighted by molar-refractivity contribution is 0.527. The molecule has 0 atom stereocenters. The van der Waals surface area contributed by atoms with Gasteiger partial charge in [0.15, 0.2) is 0 Å². The molecule has 2 aromatic rings. The SMILES string of the molecule is CCNc1cc(Sc2ccoc2C)ncn1. The Balaban J connectivity index is 2.15. The van der Waals surface area contributed by atoms with Gasteiger partial charge in [0.05, 0.1) is 11.2 Å². The fourth-order valence-corrected chi connectivity index (χ4v) is 2.08. The van der Waals surface area contributed by atoms with Crippen molar-refractivity contribution >= 4 is 17.6 Å². The number of rotatable bonds is 4. The number of nitrogens with one attached hydrogen (secondary N) is 1. The Morgan fingerprint density at radius 3 is 3.00 bits per heavy atom. The molecule has 4 nitrogen and oxygen atoms in total. The molecule has 0 spiro atoms. The predicted octanol–water partition coefficient (Wildman–Crippen LogP) is 2.96. The van der Waals surface area contributed by atoms with Gasteiger partial charge >= 0.3 is 0 Å². The lowest BCUT2D eigenvalue weighted by atomic mass is 10.5. The number of nitrogens with zero attached hydrogens (tertiary/aromatic N) is 2. The largest absolute Gasteiger partial charge is 0.468 e. The van der Waals surface area contributed by atoms with Gasteiger partial charge in [-0.05, 0) is 19.9 Å². The summed E-state index contributed by atoms with van der Waals surface area (Å²) < 4.78 is 5.23. The van der Waals surface area contributed by atoms with Gasteiger partial charge in [0.1, 0.15) is 22.9 Å². The number of aryl methyl sites for hydroxylation is 1. The molecule has 0 aliphatic heterocycles. The molecule has 84 valence electrons. The van der Waals surface area contributed by atoms with Crippen molar-refractivity contribution in [1.82, 2.24) is 9.97 Å². The summed E-state index contributed by atoms with van der Waals surface area (Å²) in [4.78, 5) is 9.41. The van der Waals surface area contributed by atoms with Crippen LogP contribution in [0, 0.1) is 6.92 Å². The van der Waals surface area contributed by atoms with E-state index in [2.05, 4.69) is 15.3 Å². The first-order valence-corrected chi connectivity index (χ1v) is 5.89. The van der Waals surface area contributed by atoms with Gasteiger partial charge < -0.3 is 9.73 Å². The van der Waals surface area contributed by atoms with Crippen LogP contribution in [-0.4, -0.2) is 16.5 Å². The van der Waals surface area contributed by atoms with Crippen molar-refractivity contribution in [3.05, 3.63) is 30.5 Å². The Morgan fingerprint density at radius 1 is 1.44 bits per heavy atom. The van der Waals surface area contributed by atoms with Crippen LogP contribution in [0.3, 0.4) is 0 Å². The summed E-state index contributed by atoms with van der Waals surface area (Å²) in [5.41, 5.74) is 0. The van der Waals surface area contributed by atoms with Gasteiger partial charge in [0, 0.05) is 12.6 Å². The molecule has 0 saturated carbocycles. The zero-order valence-electron chi connectivity index (χ0n) is 9.23. The molecule has 2 aromatic heterocycles. The molecule has 0 aliphatic rings. The van der Waals surface area contributed by atoms with Crippen molar-refractivity contribution in [2.45, 2.75) is 23.8 Å². The fraction of sp³-hybridized carbons (Fsp3) is 0.273. The summed E-state index contributed by atoms with van der Waals surface area (Å²) in [6, 6.07) is 3.87. The summed E-state index contributed by atoms with van der Waals surface area (Å²) >= 11 is 1.58. The average Bonchev–Trinajstić information content (AvgIpc) is 2.66. The summed E-state index contributed by atoms with van der Waals surface area (Å²) in [5, 5.41) is 4.07. The van der Waals surface area contributed by atoms with Crippen LogP contribution < -0.4 is 5.32 Å². The highest BCUT2D eigenvalue weighted by atomic mass is 32.2. The molecule has 0 radical (unpaired) electrons. The molecular formula is C11H13N3OS. The van der Waals surface area contributed by atoms with Crippen LogP contribution in [0.5, 0.6) is 0 Å². The molecule has 0 amide bonds. The molecule has 1 N–H and O–H groups in total. The van der Waals surface area contributed by atoms with Crippen LogP contribution in [0.2, 0.25) is 0 Å². The van der Waals surface area contributed by atoms with E-state index in [9.17, 15) is 0 Å². The molecule has 2 rings (SSSR count). The van der Waals surface area contributed by atoms with Crippen LogP contribution in [0.25, 0.3) is 0 Å². The van der Waals surface area contributed by atoms with Gasteiger partial charge in [-0.2, -0.15) is 0 Å². The number of hydrogen-bond donors (Lipinski definition) is 1. The quantitative estimate of drug-likeness (QED) is 0.826. The summed E-state index contributed by atoms with van der Waals surface area (Å²) in [6.45, 7) is 4.83. The maximum Gasteiger partial charge on any atom is 0.130 e. The third kappa shape index (κ3) is 2.55. The van der Waals surface area contributed by atoms with E-state index < -0.39 is 0 Å². The number of hydrogen-bond acceptors (Lipinski definition) is 5. The highest BCUT2D eigenvalue weighted by Crippen LogP contribution is 2.29. The molecule has 0 unspecified atom stereocenters. The van der Waals surface area contributed by atoms with Crippen LogP contribution in [0.4, 0.5) is 5.82 Å². The first kappa shape index (κ1) is 11.0. The van der Waals surface area contributed by atoms with Crippen molar-refractivity contribution in [3.8, 4) is 0 Å². The highest BCUT2D eigenvalue weighted by molar-refractivity contribution is 7.99.